The van der Waals surface area contributed by atoms with Gasteiger partial charge in [-0.05, 0) is 57.9 Å². The molecule has 2 heterocycles. The number of thiophene rings is 1. The van der Waals surface area contributed by atoms with Gasteiger partial charge in [0.2, 0.25) is 15.9 Å². The van der Waals surface area contributed by atoms with Crippen LogP contribution in [0.15, 0.2) is 0 Å². The van der Waals surface area contributed by atoms with E-state index in [1.807, 2.05) is 0 Å². The van der Waals surface area contributed by atoms with Crippen LogP contribution in [0.25, 0.3) is 0 Å². The molecule has 28 heavy (non-hydrogen) atoms. The number of hydrogen-bond acceptors (Lipinski definition) is 6. The van der Waals surface area contributed by atoms with Gasteiger partial charge in [0.05, 0.1) is 23.8 Å². The van der Waals surface area contributed by atoms with Crippen molar-refractivity contribution in [2.75, 3.05) is 30.8 Å². The molecular formula is C19H28N2O5S2. The first kappa shape index (κ1) is 21.3. The van der Waals surface area contributed by atoms with Crippen molar-refractivity contribution in [3.8, 4) is 0 Å². The van der Waals surface area contributed by atoms with Gasteiger partial charge in [0.15, 0.2) is 0 Å². The second-order valence-corrected chi connectivity index (χ2v) is 10.6. The SMILES string of the molecule is CCOC(=O)c1c(NC(=O)C2CCCN(S(=O)(=O)CC)C2)sc2c1CCCC2. The van der Waals surface area contributed by atoms with E-state index in [1.54, 1.807) is 13.8 Å². The summed E-state index contributed by atoms with van der Waals surface area (Å²) in [6, 6.07) is 0. The summed E-state index contributed by atoms with van der Waals surface area (Å²) in [6.45, 7) is 4.31. The fourth-order valence-corrected chi connectivity index (χ4v) is 6.34. The quantitative estimate of drug-likeness (QED) is 0.704. The minimum absolute atomic E-state index is 0.0337. The van der Waals surface area contributed by atoms with Gasteiger partial charge >= 0.3 is 5.97 Å². The molecule has 1 N–H and O–H groups in total. The number of amides is 1. The van der Waals surface area contributed by atoms with Gasteiger partial charge in [-0.1, -0.05) is 0 Å². The van der Waals surface area contributed by atoms with Crippen molar-refractivity contribution < 1.29 is 22.7 Å². The smallest absolute Gasteiger partial charge is 0.341 e. The van der Waals surface area contributed by atoms with E-state index in [-0.39, 0.29) is 24.8 Å². The lowest BCUT2D eigenvalue weighted by atomic mass is 9.95. The third kappa shape index (κ3) is 4.41. The molecule has 1 aromatic heterocycles. The van der Waals surface area contributed by atoms with Crippen LogP contribution in [-0.4, -0.2) is 50.0 Å². The van der Waals surface area contributed by atoms with Crippen molar-refractivity contribution in [2.24, 2.45) is 5.92 Å². The van der Waals surface area contributed by atoms with Crippen molar-refractivity contribution in [3.63, 3.8) is 0 Å². The summed E-state index contributed by atoms with van der Waals surface area (Å²) >= 11 is 1.45. The Kier molecular flexibility index (Phi) is 6.77. The first-order valence-corrected chi connectivity index (χ1v) is 12.4. The summed E-state index contributed by atoms with van der Waals surface area (Å²) in [5.41, 5.74) is 1.49. The fraction of sp³-hybridized carbons (Fsp3) is 0.684. The Morgan fingerprint density at radius 2 is 1.96 bits per heavy atom. The maximum atomic E-state index is 12.9. The van der Waals surface area contributed by atoms with Crippen LogP contribution in [0, 0.1) is 5.92 Å². The molecule has 0 aromatic carbocycles. The predicted octanol–water partition coefficient (Wildman–Crippen LogP) is 2.80. The predicted molar refractivity (Wildman–Crippen MR) is 109 cm³/mol. The molecule has 0 spiro atoms. The number of anilines is 1. The molecule has 1 amide bonds. The summed E-state index contributed by atoms with van der Waals surface area (Å²) in [4.78, 5) is 26.6. The topological polar surface area (TPSA) is 92.8 Å². The van der Waals surface area contributed by atoms with Crippen LogP contribution >= 0.6 is 11.3 Å². The Bertz CT molecular complexity index is 847. The van der Waals surface area contributed by atoms with Crippen LogP contribution < -0.4 is 5.32 Å². The number of aryl methyl sites for hydroxylation is 1. The van der Waals surface area contributed by atoms with Gasteiger partial charge in [-0.2, -0.15) is 0 Å². The van der Waals surface area contributed by atoms with E-state index in [1.165, 1.54) is 15.6 Å². The van der Waals surface area contributed by atoms with Gasteiger partial charge in [-0.15, -0.1) is 11.3 Å². The molecule has 9 heteroatoms. The highest BCUT2D eigenvalue weighted by atomic mass is 32.2. The van der Waals surface area contributed by atoms with Gasteiger partial charge in [-0.25, -0.2) is 17.5 Å². The molecule has 0 radical (unpaired) electrons. The Hall–Kier alpha value is -1.45. The molecule has 1 atom stereocenters. The van der Waals surface area contributed by atoms with E-state index < -0.39 is 21.9 Å². The van der Waals surface area contributed by atoms with Crippen LogP contribution in [0.1, 0.15) is 60.3 Å². The minimum Gasteiger partial charge on any atom is -0.462 e. The summed E-state index contributed by atoms with van der Waals surface area (Å²) in [5.74, 6) is -0.994. The first-order valence-electron chi connectivity index (χ1n) is 9.97. The fourth-order valence-electron chi connectivity index (χ4n) is 3.88. The van der Waals surface area contributed by atoms with E-state index in [2.05, 4.69) is 5.32 Å². The van der Waals surface area contributed by atoms with Crippen LogP contribution in [0.3, 0.4) is 0 Å². The number of hydrogen-bond donors (Lipinski definition) is 1. The molecule has 2 aliphatic rings. The third-order valence-electron chi connectivity index (χ3n) is 5.40. The number of carbonyl (C=O) groups is 2. The third-order valence-corrected chi connectivity index (χ3v) is 8.46. The second kappa shape index (κ2) is 8.92. The molecule has 1 aromatic rings. The summed E-state index contributed by atoms with van der Waals surface area (Å²) in [5, 5.41) is 3.47. The van der Waals surface area contributed by atoms with E-state index in [4.69, 9.17) is 4.74 Å². The van der Waals surface area contributed by atoms with Crippen LogP contribution in [0.4, 0.5) is 5.00 Å². The van der Waals surface area contributed by atoms with Crippen molar-refractivity contribution in [1.82, 2.24) is 4.31 Å². The molecule has 1 unspecified atom stereocenters. The molecule has 0 saturated carbocycles. The number of nitrogens with one attached hydrogen (secondary N) is 1. The van der Waals surface area contributed by atoms with Gasteiger partial charge in [0.1, 0.15) is 5.00 Å². The Labute approximate surface area is 170 Å². The molecule has 7 nitrogen and oxygen atoms in total. The molecular weight excluding hydrogens is 400 g/mol. The lowest BCUT2D eigenvalue weighted by Gasteiger charge is -2.30. The first-order chi connectivity index (χ1) is 13.4. The zero-order chi connectivity index (χ0) is 20.3. The highest BCUT2D eigenvalue weighted by molar-refractivity contribution is 7.89. The standard InChI is InChI=1S/C19H28N2O5S2/c1-3-26-19(23)16-14-9-5-6-10-15(14)27-18(16)20-17(22)13-8-7-11-21(12-13)28(24,25)4-2/h13H,3-12H2,1-2H3,(H,20,22). The van der Waals surface area contributed by atoms with Gasteiger partial charge < -0.3 is 10.1 Å². The normalized spacial score (nSPS) is 20.4. The lowest BCUT2D eigenvalue weighted by Crippen LogP contribution is -2.44. The highest BCUT2D eigenvalue weighted by Gasteiger charge is 2.33. The van der Waals surface area contributed by atoms with E-state index in [9.17, 15) is 18.0 Å². The molecule has 156 valence electrons. The van der Waals surface area contributed by atoms with E-state index in [0.29, 0.717) is 30.0 Å². The van der Waals surface area contributed by atoms with Gasteiger partial charge in [-0.3, -0.25) is 4.79 Å². The van der Waals surface area contributed by atoms with Crippen LogP contribution in [-0.2, 0) is 32.4 Å². The number of rotatable bonds is 6. The Morgan fingerprint density at radius 1 is 1.21 bits per heavy atom. The number of sulfonamides is 1. The highest BCUT2D eigenvalue weighted by Crippen LogP contribution is 2.39. The summed E-state index contributed by atoms with van der Waals surface area (Å²) < 4.78 is 31.0. The van der Waals surface area contributed by atoms with Crippen molar-refractivity contribution >= 4 is 38.2 Å². The van der Waals surface area contributed by atoms with Crippen molar-refractivity contribution in [1.29, 1.82) is 0 Å². The van der Waals surface area contributed by atoms with E-state index >= 15 is 0 Å². The van der Waals surface area contributed by atoms with Crippen LogP contribution in [0.5, 0.6) is 0 Å². The molecule has 1 aliphatic carbocycles. The Morgan fingerprint density at radius 3 is 2.68 bits per heavy atom. The molecule has 1 saturated heterocycles. The maximum absolute atomic E-state index is 12.9. The van der Waals surface area contributed by atoms with E-state index in [0.717, 1.165) is 36.1 Å². The second-order valence-electron chi connectivity index (χ2n) is 7.22. The zero-order valence-corrected chi connectivity index (χ0v) is 18.1. The molecule has 3 rings (SSSR count). The number of esters is 1. The van der Waals surface area contributed by atoms with Gasteiger partial charge in [0, 0.05) is 18.0 Å². The summed E-state index contributed by atoms with van der Waals surface area (Å²) in [7, 11) is -3.31. The molecule has 1 aliphatic heterocycles. The monoisotopic (exact) mass is 428 g/mol. The number of piperidine rings is 1. The van der Waals surface area contributed by atoms with Crippen molar-refractivity contribution in [2.45, 2.75) is 52.4 Å². The number of carbonyl (C=O) groups excluding carboxylic acids is 2. The van der Waals surface area contributed by atoms with Crippen LogP contribution in [0.2, 0.25) is 0 Å². The number of fused-ring (bicyclic) bond motifs is 1. The summed E-state index contributed by atoms with van der Waals surface area (Å²) in [6.07, 6.45) is 5.13. The molecule has 0 bridgehead atoms. The van der Waals surface area contributed by atoms with Gasteiger partial charge in [0.25, 0.3) is 0 Å². The number of nitrogens with zero attached hydrogens (tertiary/aromatic N) is 1. The average molecular weight is 429 g/mol. The maximum Gasteiger partial charge on any atom is 0.341 e. The number of ether oxygens (including phenoxy) is 1. The Balaban J connectivity index is 1.80. The largest absolute Gasteiger partial charge is 0.462 e. The lowest BCUT2D eigenvalue weighted by molar-refractivity contribution is -0.120. The average Bonchev–Trinajstić information content (AvgIpc) is 3.06. The minimum atomic E-state index is -3.31. The zero-order valence-electron chi connectivity index (χ0n) is 16.5. The van der Waals surface area contributed by atoms with Crippen molar-refractivity contribution in [3.05, 3.63) is 16.0 Å². The molecule has 1 fully saturated rings.